The number of rotatable bonds is 3. The van der Waals surface area contributed by atoms with Crippen molar-refractivity contribution in [3.8, 4) is 5.69 Å². The molecule has 1 aromatic carbocycles. The predicted octanol–water partition coefficient (Wildman–Crippen LogP) is 4.04. The Bertz CT molecular complexity index is 1260. The second kappa shape index (κ2) is 6.97. The Hall–Kier alpha value is -3.69. The van der Waals surface area contributed by atoms with Gasteiger partial charge in [-0.05, 0) is 44.2 Å². The predicted molar refractivity (Wildman–Crippen MR) is 105 cm³/mol. The maximum atomic E-state index is 13.7. The molecule has 3 heterocycles. The fourth-order valence-electron chi connectivity index (χ4n) is 3.38. The number of benzene rings is 1. The van der Waals surface area contributed by atoms with Crippen molar-refractivity contribution < 1.29 is 18.0 Å². The highest BCUT2D eigenvalue weighted by molar-refractivity contribution is 6.13. The molecule has 0 saturated carbocycles. The van der Waals surface area contributed by atoms with Gasteiger partial charge < -0.3 is 5.32 Å². The molecular formula is C20H17F3N6O. The Morgan fingerprint density at radius 2 is 1.93 bits per heavy atom. The summed E-state index contributed by atoms with van der Waals surface area (Å²) in [6.07, 6.45) is -1.66. The van der Waals surface area contributed by atoms with Gasteiger partial charge in [-0.1, -0.05) is 0 Å². The number of anilines is 1. The van der Waals surface area contributed by atoms with E-state index in [2.05, 4.69) is 20.5 Å². The summed E-state index contributed by atoms with van der Waals surface area (Å²) in [5.41, 5.74) is 0.753. The molecule has 0 atom stereocenters. The minimum atomic E-state index is -4.67. The minimum absolute atomic E-state index is 0.215. The van der Waals surface area contributed by atoms with E-state index in [-0.39, 0.29) is 16.9 Å². The fraction of sp³-hybridized carbons (Fsp3) is 0.200. The molecule has 1 N–H and O–H groups in total. The average Bonchev–Trinajstić information content (AvgIpc) is 3.29. The summed E-state index contributed by atoms with van der Waals surface area (Å²) in [4.78, 5) is 17.3. The van der Waals surface area contributed by atoms with Gasteiger partial charge in [-0.25, -0.2) is 9.67 Å². The molecule has 0 aliphatic rings. The van der Waals surface area contributed by atoms with Gasteiger partial charge in [-0.3, -0.25) is 9.48 Å². The van der Waals surface area contributed by atoms with E-state index >= 15 is 0 Å². The van der Waals surface area contributed by atoms with Crippen LogP contribution in [0.15, 0.2) is 42.7 Å². The van der Waals surface area contributed by atoms with Gasteiger partial charge in [0.15, 0.2) is 5.65 Å². The minimum Gasteiger partial charge on any atom is -0.321 e. The lowest BCUT2D eigenvalue weighted by atomic mass is 10.1. The summed E-state index contributed by atoms with van der Waals surface area (Å²) in [5.74, 6) is -0.668. The van der Waals surface area contributed by atoms with Crippen LogP contribution >= 0.6 is 0 Å². The normalized spacial score (nSPS) is 11.8. The maximum Gasteiger partial charge on any atom is 0.418 e. The SMILES string of the molecule is Cc1cc(C(=O)Nc2ccc(-n3cccn3)cc2C(F)(F)F)c2c(C)nn(C)c2n1. The van der Waals surface area contributed by atoms with Crippen LogP contribution in [0.1, 0.15) is 27.3 Å². The lowest BCUT2D eigenvalue weighted by Crippen LogP contribution is -2.18. The average molecular weight is 414 g/mol. The Labute approximate surface area is 169 Å². The van der Waals surface area contributed by atoms with Crippen LogP contribution in [0, 0.1) is 13.8 Å². The number of aromatic nitrogens is 5. The third-order valence-corrected chi connectivity index (χ3v) is 4.67. The van der Waals surface area contributed by atoms with E-state index < -0.39 is 17.6 Å². The lowest BCUT2D eigenvalue weighted by molar-refractivity contribution is -0.136. The summed E-state index contributed by atoms with van der Waals surface area (Å²) in [7, 11) is 1.69. The zero-order valence-corrected chi connectivity index (χ0v) is 16.3. The molecule has 0 bridgehead atoms. The number of nitrogens with one attached hydrogen (secondary N) is 1. The second-order valence-corrected chi connectivity index (χ2v) is 6.85. The molecule has 0 aliphatic heterocycles. The molecule has 4 rings (SSSR count). The zero-order chi connectivity index (χ0) is 21.6. The van der Waals surface area contributed by atoms with Crippen LogP contribution in [0.2, 0.25) is 0 Å². The second-order valence-electron chi connectivity index (χ2n) is 6.85. The fourth-order valence-corrected chi connectivity index (χ4v) is 3.38. The lowest BCUT2D eigenvalue weighted by Gasteiger charge is -2.16. The van der Waals surface area contributed by atoms with Crippen LogP contribution in [0.3, 0.4) is 0 Å². The molecule has 0 radical (unpaired) electrons. The van der Waals surface area contributed by atoms with E-state index in [0.717, 1.165) is 6.07 Å². The van der Waals surface area contributed by atoms with Crippen LogP contribution in [-0.4, -0.2) is 30.5 Å². The van der Waals surface area contributed by atoms with Crippen molar-refractivity contribution in [3.63, 3.8) is 0 Å². The van der Waals surface area contributed by atoms with Crippen LogP contribution in [0.25, 0.3) is 16.7 Å². The first kappa shape index (κ1) is 19.6. The molecule has 0 unspecified atom stereocenters. The topological polar surface area (TPSA) is 77.6 Å². The van der Waals surface area contributed by atoms with E-state index in [1.54, 1.807) is 27.0 Å². The van der Waals surface area contributed by atoms with Crippen molar-refractivity contribution >= 4 is 22.6 Å². The largest absolute Gasteiger partial charge is 0.418 e. The van der Waals surface area contributed by atoms with E-state index in [9.17, 15) is 18.0 Å². The molecule has 1 amide bonds. The number of alkyl halides is 3. The standard InChI is InChI=1S/C20H17F3N6O/c1-11-9-14(17-12(2)27-28(3)18(17)25-11)19(30)26-16-6-5-13(29-8-4-7-24-29)10-15(16)20(21,22)23/h4-10H,1-3H3,(H,26,30). The first-order chi connectivity index (χ1) is 14.1. The highest BCUT2D eigenvalue weighted by Crippen LogP contribution is 2.36. The van der Waals surface area contributed by atoms with E-state index in [1.165, 1.54) is 40.0 Å². The Morgan fingerprint density at radius 3 is 2.60 bits per heavy atom. The zero-order valence-electron chi connectivity index (χ0n) is 16.3. The monoisotopic (exact) mass is 414 g/mol. The molecule has 3 aromatic heterocycles. The van der Waals surface area contributed by atoms with E-state index in [1.807, 2.05) is 0 Å². The smallest absolute Gasteiger partial charge is 0.321 e. The molecule has 0 spiro atoms. The molecular weight excluding hydrogens is 397 g/mol. The van der Waals surface area contributed by atoms with Gasteiger partial charge in [0.25, 0.3) is 5.91 Å². The van der Waals surface area contributed by atoms with Crippen molar-refractivity contribution in [1.29, 1.82) is 0 Å². The summed E-state index contributed by atoms with van der Waals surface area (Å²) < 4.78 is 44.0. The number of pyridine rings is 1. The van der Waals surface area contributed by atoms with E-state index in [0.29, 0.717) is 22.4 Å². The first-order valence-electron chi connectivity index (χ1n) is 8.98. The number of hydrogen-bond acceptors (Lipinski definition) is 4. The molecule has 0 aliphatic carbocycles. The molecule has 154 valence electrons. The van der Waals surface area contributed by atoms with Crippen LogP contribution in [0.5, 0.6) is 0 Å². The number of fused-ring (bicyclic) bond motifs is 1. The highest BCUT2D eigenvalue weighted by Gasteiger charge is 2.35. The van der Waals surface area contributed by atoms with Gasteiger partial charge in [0.2, 0.25) is 0 Å². The Kier molecular flexibility index (Phi) is 4.56. The van der Waals surface area contributed by atoms with Gasteiger partial charge in [0.1, 0.15) is 0 Å². The Morgan fingerprint density at radius 1 is 1.17 bits per heavy atom. The molecule has 0 fully saturated rings. The van der Waals surface area contributed by atoms with Gasteiger partial charge in [-0.2, -0.15) is 23.4 Å². The summed E-state index contributed by atoms with van der Waals surface area (Å²) in [6, 6.07) is 6.78. The number of carbonyl (C=O) groups excluding carboxylic acids is 1. The Balaban J connectivity index is 1.78. The van der Waals surface area contributed by atoms with Crippen LogP contribution < -0.4 is 5.32 Å². The third kappa shape index (κ3) is 3.40. The van der Waals surface area contributed by atoms with Gasteiger partial charge in [-0.15, -0.1) is 0 Å². The number of halogens is 3. The number of amides is 1. The summed E-state index contributed by atoms with van der Waals surface area (Å²) >= 11 is 0. The van der Waals surface area contributed by atoms with Crippen molar-refractivity contribution in [2.24, 2.45) is 7.05 Å². The van der Waals surface area contributed by atoms with Crippen molar-refractivity contribution in [1.82, 2.24) is 24.5 Å². The molecule has 0 saturated heterocycles. The molecule has 7 nitrogen and oxygen atoms in total. The maximum absolute atomic E-state index is 13.7. The molecule has 30 heavy (non-hydrogen) atoms. The van der Waals surface area contributed by atoms with Crippen LogP contribution in [0.4, 0.5) is 18.9 Å². The number of hydrogen-bond donors (Lipinski definition) is 1. The van der Waals surface area contributed by atoms with Crippen molar-refractivity contribution in [2.45, 2.75) is 20.0 Å². The van der Waals surface area contributed by atoms with Crippen molar-refractivity contribution in [3.05, 3.63) is 65.2 Å². The summed E-state index contributed by atoms with van der Waals surface area (Å²) in [5, 5.41) is 11.1. The first-order valence-corrected chi connectivity index (χ1v) is 8.98. The number of carbonyl (C=O) groups is 1. The number of aryl methyl sites for hydroxylation is 3. The molecule has 4 aromatic rings. The van der Waals surface area contributed by atoms with Gasteiger partial charge in [0, 0.05) is 25.1 Å². The van der Waals surface area contributed by atoms with Crippen LogP contribution in [-0.2, 0) is 13.2 Å². The van der Waals surface area contributed by atoms with Gasteiger partial charge in [0.05, 0.1) is 33.6 Å². The molecule has 10 heteroatoms. The quantitative estimate of drug-likeness (QED) is 0.549. The highest BCUT2D eigenvalue weighted by atomic mass is 19.4. The number of nitrogens with zero attached hydrogens (tertiary/aromatic N) is 5. The third-order valence-electron chi connectivity index (χ3n) is 4.67. The van der Waals surface area contributed by atoms with Crippen molar-refractivity contribution in [2.75, 3.05) is 5.32 Å². The van der Waals surface area contributed by atoms with E-state index in [4.69, 9.17) is 0 Å². The summed E-state index contributed by atoms with van der Waals surface area (Å²) in [6.45, 7) is 3.43. The van der Waals surface area contributed by atoms with Gasteiger partial charge >= 0.3 is 6.18 Å².